The van der Waals surface area contributed by atoms with Gasteiger partial charge in [0.1, 0.15) is 0 Å². The van der Waals surface area contributed by atoms with E-state index in [9.17, 15) is 0 Å². The number of fused-ring (bicyclic) bond motifs is 8. The standard InChI is InChI=1S/C43H30N2/c1-3-11-29(12-4-1)40-27-41(30-13-5-2-6-14-30)45-43(44-40)31-21-19-28(20-22-31)32-23-24-36-38(25-32)35-17-9-10-18-37(35)42-34-16-8-7-15-33(34)26-39(36)42/h1-26,40,42H,27H2. The molecule has 45 heavy (non-hydrogen) atoms. The Morgan fingerprint density at radius 3 is 1.98 bits per heavy atom. The normalized spacial score (nSPS) is 17.6. The molecule has 2 nitrogen and oxygen atoms in total. The van der Waals surface area contributed by atoms with Crippen LogP contribution in [0.4, 0.5) is 0 Å². The van der Waals surface area contributed by atoms with E-state index in [1.807, 2.05) is 0 Å². The van der Waals surface area contributed by atoms with Crippen molar-refractivity contribution in [1.29, 1.82) is 0 Å². The molecule has 2 atom stereocenters. The molecule has 6 aromatic carbocycles. The molecule has 2 aliphatic carbocycles. The van der Waals surface area contributed by atoms with Gasteiger partial charge in [-0.1, -0.05) is 146 Å². The summed E-state index contributed by atoms with van der Waals surface area (Å²) in [4.78, 5) is 10.2. The predicted octanol–water partition coefficient (Wildman–Crippen LogP) is 10.4. The van der Waals surface area contributed by atoms with Crippen molar-refractivity contribution in [1.82, 2.24) is 0 Å². The fraction of sp³-hybridized carbons (Fsp3) is 0.0698. The Labute approximate surface area is 263 Å². The minimum absolute atomic E-state index is 0.0363. The molecule has 0 bridgehead atoms. The molecule has 1 aliphatic heterocycles. The minimum atomic E-state index is 0.0363. The van der Waals surface area contributed by atoms with Crippen molar-refractivity contribution < 1.29 is 0 Å². The fourth-order valence-electron chi connectivity index (χ4n) is 7.29. The van der Waals surface area contributed by atoms with Gasteiger partial charge in [0.25, 0.3) is 0 Å². The van der Waals surface area contributed by atoms with Crippen LogP contribution < -0.4 is 0 Å². The van der Waals surface area contributed by atoms with E-state index < -0.39 is 0 Å². The summed E-state index contributed by atoms with van der Waals surface area (Å²) in [5.74, 6) is 1.09. The Kier molecular flexibility index (Phi) is 6.05. The molecule has 0 radical (unpaired) electrons. The van der Waals surface area contributed by atoms with Crippen molar-refractivity contribution in [3.05, 3.63) is 191 Å². The molecule has 9 rings (SSSR count). The van der Waals surface area contributed by atoms with E-state index in [4.69, 9.17) is 9.98 Å². The van der Waals surface area contributed by atoms with Crippen LogP contribution >= 0.6 is 0 Å². The predicted molar refractivity (Wildman–Crippen MR) is 187 cm³/mol. The van der Waals surface area contributed by atoms with Crippen LogP contribution in [0.5, 0.6) is 0 Å². The summed E-state index contributed by atoms with van der Waals surface area (Å²) in [7, 11) is 0. The average Bonchev–Trinajstić information content (AvgIpc) is 3.52. The van der Waals surface area contributed by atoms with Gasteiger partial charge >= 0.3 is 0 Å². The number of rotatable bonds is 4. The summed E-state index contributed by atoms with van der Waals surface area (Å²) in [6, 6.07) is 54.6. The first-order chi connectivity index (χ1) is 22.3. The van der Waals surface area contributed by atoms with E-state index in [-0.39, 0.29) is 6.04 Å². The SMILES string of the molecule is C1=C2c3ccc(-c4ccc(C5=NC(c6ccccc6)CC(c6ccccc6)=N5)cc4)cc3-c3ccccc3C2c2ccccc21. The van der Waals surface area contributed by atoms with Crippen LogP contribution in [-0.4, -0.2) is 11.5 Å². The van der Waals surface area contributed by atoms with Gasteiger partial charge in [-0.2, -0.15) is 0 Å². The zero-order valence-electron chi connectivity index (χ0n) is 24.8. The third-order valence-electron chi connectivity index (χ3n) is 9.50. The van der Waals surface area contributed by atoms with Gasteiger partial charge in [-0.3, -0.25) is 4.99 Å². The summed E-state index contributed by atoms with van der Waals surface area (Å²) in [5, 5.41) is 0. The lowest BCUT2D eigenvalue weighted by atomic mass is 9.74. The molecule has 3 aliphatic rings. The maximum atomic E-state index is 5.15. The Hall–Kier alpha value is -5.60. The molecule has 0 aromatic heterocycles. The van der Waals surface area contributed by atoms with Gasteiger partial charge in [-0.15, -0.1) is 0 Å². The van der Waals surface area contributed by atoms with Crippen LogP contribution in [0, 0.1) is 0 Å². The monoisotopic (exact) mass is 574 g/mol. The van der Waals surface area contributed by atoms with Gasteiger partial charge in [-0.05, 0) is 73.4 Å². The zero-order valence-corrected chi connectivity index (χ0v) is 24.8. The lowest BCUT2D eigenvalue weighted by molar-refractivity contribution is 0.753. The highest BCUT2D eigenvalue weighted by Crippen LogP contribution is 2.54. The van der Waals surface area contributed by atoms with E-state index in [0.717, 1.165) is 29.1 Å². The number of amidine groups is 1. The Morgan fingerprint density at radius 2 is 1.16 bits per heavy atom. The molecule has 0 fully saturated rings. The summed E-state index contributed by atoms with van der Waals surface area (Å²) in [6.07, 6.45) is 3.18. The highest BCUT2D eigenvalue weighted by molar-refractivity contribution is 6.14. The Balaban J connectivity index is 1.09. The minimum Gasteiger partial charge on any atom is -0.258 e. The highest BCUT2D eigenvalue weighted by Gasteiger charge is 2.34. The van der Waals surface area contributed by atoms with Gasteiger partial charge in [0, 0.05) is 17.9 Å². The van der Waals surface area contributed by atoms with Crippen LogP contribution in [0.1, 0.15) is 57.3 Å². The van der Waals surface area contributed by atoms with Gasteiger partial charge < -0.3 is 0 Å². The molecule has 0 saturated heterocycles. The lowest BCUT2D eigenvalue weighted by Gasteiger charge is -2.29. The molecule has 212 valence electrons. The first-order valence-corrected chi connectivity index (χ1v) is 15.7. The van der Waals surface area contributed by atoms with E-state index in [0.29, 0.717) is 5.92 Å². The van der Waals surface area contributed by atoms with Crippen molar-refractivity contribution in [3.8, 4) is 22.3 Å². The average molecular weight is 575 g/mol. The number of hydrogen-bond donors (Lipinski definition) is 0. The molecule has 2 heteroatoms. The fourth-order valence-corrected chi connectivity index (χ4v) is 7.29. The quantitative estimate of drug-likeness (QED) is 0.200. The third-order valence-corrected chi connectivity index (χ3v) is 9.50. The summed E-state index contributed by atoms with van der Waals surface area (Å²) < 4.78 is 0. The zero-order chi connectivity index (χ0) is 29.7. The molecule has 0 N–H and O–H groups in total. The molecular weight excluding hydrogens is 544 g/mol. The van der Waals surface area contributed by atoms with Crippen molar-refractivity contribution in [2.75, 3.05) is 0 Å². The molecule has 0 spiro atoms. The summed E-state index contributed by atoms with van der Waals surface area (Å²) >= 11 is 0. The number of benzene rings is 6. The second-order valence-electron chi connectivity index (χ2n) is 12.1. The smallest absolute Gasteiger partial charge is 0.155 e. The van der Waals surface area contributed by atoms with Crippen LogP contribution in [0.3, 0.4) is 0 Å². The first kappa shape index (κ1) is 25.9. The Morgan fingerprint density at radius 1 is 0.489 bits per heavy atom. The van der Waals surface area contributed by atoms with Crippen LogP contribution in [-0.2, 0) is 0 Å². The molecule has 0 saturated carbocycles. The Bertz CT molecular complexity index is 2170. The molecule has 6 aromatic rings. The number of nitrogens with zero attached hydrogens (tertiary/aromatic N) is 2. The second-order valence-corrected chi connectivity index (χ2v) is 12.1. The van der Waals surface area contributed by atoms with Gasteiger partial charge in [0.2, 0.25) is 0 Å². The van der Waals surface area contributed by atoms with Crippen molar-refractivity contribution >= 4 is 23.2 Å². The highest BCUT2D eigenvalue weighted by atomic mass is 15.0. The van der Waals surface area contributed by atoms with E-state index in [2.05, 4.69) is 158 Å². The number of aliphatic imine (C=N–C) groups is 2. The molecule has 2 unspecified atom stereocenters. The molecule has 0 amide bonds. The van der Waals surface area contributed by atoms with Crippen LogP contribution in [0.25, 0.3) is 33.9 Å². The topological polar surface area (TPSA) is 24.7 Å². The number of hydrogen-bond acceptors (Lipinski definition) is 2. The van der Waals surface area contributed by atoms with Crippen molar-refractivity contribution in [3.63, 3.8) is 0 Å². The van der Waals surface area contributed by atoms with Gasteiger partial charge in [0.05, 0.1) is 11.8 Å². The molecular formula is C43H30N2. The molecule has 1 heterocycles. The van der Waals surface area contributed by atoms with E-state index in [1.54, 1.807) is 0 Å². The van der Waals surface area contributed by atoms with Crippen LogP contribution in [0.2, 0.25) is 0 Å². The van der Waals surface area contributed by atoms with Crippen LogP contribution in [0.15, 0.2) is 162 Å². The van der Waals surface area contributed by atoms with E-state index >= 15 is 0 Å². The van der Waals surface area contributed by atoms with Crippen molar-refractivity contribution in [2.45, 2.75) is 18.4 Å². The van der Waals surface area contributed by atoms with Gasteiger partial charge in [0.15, 0.2) is 5.84 Å². The van der Waals surface area contributed by atoms with Crippen molar-refractivity contribution in [2.24, 2.45) is 9.98 Å². The maximum Gasteiger partial charge on any atom is 0.155 e. The largest absolute Gasteiger partial charge is 0.258 e. The summed E-state index contributed by atoms with van der Waals surface area (Å²) in [5.41, 5.74) is 16.4. The van der Waals surface area contributed by atoms with Gasteiger partial charge in [-0.25, -0.2) is 4.99 Å². The summed E-state index contributed by atoms with van der Waals surface area (Å²) in [6.45, 7) is 0. The maximum absolute atomic E-state index is 5.15. The first-order valence-electron chi connectivity index (χ1n) is 15.7. The third kappa shape index (κ3) is 4.41. The number of allylic oxidation sites excluding steroid dienone is 1. The van der Waals surface area contributed by atoms with E-state index in [1.165, 1.54) is 55.6 Å². The lowest BCUT2D eigenvalue weighted by Crippen LogP contribution is -2.17. The second kappa shape index (κ2) is 10.5.